The highest BCUT2D eigenvalue weighted by atomic mass is 16.7. The van der Waals surface area contributed by atoms with E-state index in [2.05, 4.69) is 62.2 Å². The maximum atomic E-state index is 6.14. The highest BCUT2D eigenvalue weighted by Crippen LogP contribution is 2.36. The maximum Gasteiger partial charge on any atom is 0.494 e. The van der Waals surface area contributed by atoms with Crippen molar-refractivity contribution in [2.75, 3.05) is 31.1 Å². The lowest BCUT2D eigenvalue weighted by Gasteiger charge is -2.32. The fourth-order valence-corrected chi connectivity index (χ4v) is 2.77. The van der Waals surface area contributed by atoms with Crippen LogP contribution in [0.25, 0.3) is 0 Å². The van der Waals surface area contributed by atoms with Crippen LogP contribution in [0.15, 0.2) is 24.3 Å². The smallest absolute Gasteiger partial charge is 0.399 e. The number of piperazine rings is 1. The molecule has 0 aliphatic carbocycles. The van der Waals surface area contributed by atoms with E-state index in [1.54, 1.807) is 0 Å². The van der Waals surface area contributed by atoms with Gasteiger partial charge >= 0.3 is 7.12 Å². The monoisotopic (exact) mass is 288 g/mol. The van der Waals surface area contributed by atoms with Crippen LogP contribution in [-0.2, 0) is 9.31 Å². The van der Waals surface area contributed by atoms with Gasteiger partial charge in [-0.15, -0.1) is 0 Å². The average molecular weight is 288 g/mol. The van der Waals surface area contributed by atoms with Crippen molar-refractivity contribution in [1.82, 2.24) is 5.32 Å². The lowest BCUT2D eigenvalue weighted by molar-refractivity contribution is 0.00578. The Morgan fingerprint density at radius 1 is 1.05 bits per heavy atom. The molecule has 0 bridgehead atoms. The fourth-order valence-electron chi connectivity index (χ4n) is 2.77. The lowest BCUT2D eigenvalue weighted by Crippen LogP contribution is -2.44. The molecule has 0 amide bonds. The summed E-state index contributed by atoms with van der Waals surface area (Å²) in [6.45, 7) is 12.5. The zero-order chi connectivity index (χ0) is 15.1. The van der Waals surface area contributed by atoms with Crippen molar-refractivity contribution in [3.63, 3.8) is 0 Å². The van der Waals surface area contributed by atoms with E-state index >= 15 is 0 Å². The molecule has 4 nitrogen and oxygen atoms in total. The minimum absolute atomic E-state index is 0.280. The van der Waals surface area contributed by atoms with E-state index in [0.717, 1.165) is 31.6 Å². The highest BCUT2D eigenvalue weighted by Gasteiger charge is 2.51. The van der Waals surface area contributed by atoms with E-state index in [9.17, 15) is 0 Å². The van der Waals surface area contributed by atoms with Crippen LogP contribution in [0.5, 0.6) is 0 Å². The molecule has 0 aromatic heterocycles. The fraction of sp³-hybridized carbons (Fsp3) is 0.625. The van der Waals surface area contributed by atoms with Gasteiger partial charge in [-0.2, -0.15) is 0 Å². The van der Waals surface area contributed by atoms with Gasteiger partial charge in [0.05, 0.1) is 11.2 Å². The Morgan fingerprint density at radius 2 is 1.67 bits per heavy atom. The molecule has 2 saturated heterocycles. The SMILES string of the molecule is CC1(C)OB(c2cccc(N3CCNCC3)c2)OC1(C)C. The summed E-state index contributed by atoms with van der Waals surface area (Å²) in [5, 5.41) is 3.38. The minimum Gasteiger partial charge on any atom is -0.399 e. The summed E-state index contributed by atoms with van der Waals surface area (Å²) in [6.07, 6.45) is 0. The van der Waals surface area contributed by atoms with Crippen molar-refractivity contribution in [3.8, 4) is 0 Å². The summed E-state index contributed by atoms with van der Waals surface area (Å²) in [7, 11) is -0.280. The Kier molecular flexibility index (Phi) is 3.76. The molecule has 0 saturated carbocycles. The molecule has 3 rings (SSSR count). The van der Waals surface area contributed by atoms with Gasteiger partial charge in [0.25, 0.3) is 0 Å². The molecule has 2 aliphatic heterocycles. The number of benzene rings is 1. The summed E-state index contributed by atoms with van der Waals surface area (Å²) in [4.78, 5) is 2.41. The first-order valence-electron chi connectivity index (χ1n) is 7.80. The second-order valence-corrected chi connectivity index (χ2v) is 6.92. The molecule has 2 aliphatic rings. The van der Waals surface area contributed by atoms with Crippen molar-refractivity contribution >= 4 is 18.3 Å². The van der Waals surface area contributed by atoms with Crippen molar-refractivity contribution in [2.45, 2.75) is 38.9 Å². The van der Waals surface area contributed by atoms with E-state index in [-0.39, 0.29) is 18.3 Å². The summed E-state index contributed by atoms with van der Waals surface area (Å²) >= 11 is 0. The molecule has 21 heavy (non-hydrogen) atoms. The molecule has 5 heteroatoms. The van der Waals surface area contributed by atoms with Crippen molar-refractivity contribution < 1.29 is 9.31 Å². The van der Waals surface area contributed by atoms with Gasteiger partial charge in [-0.25, -0.2) is 0 Å². The Morgan fingerprint density at radius 3 is 2.29 bits per heavy atom. The molecule has 0 atom stereocenters. The Hall–Kier alpha value is -1.04. The third-order valence-electron chi connectivity index (χ3n) is 4.88. The van der Waals surface area contributed by atoms with E-state index < -0.39 is 0 Å². The second-order valence-electron chi connectivity index (χ2n) is 6.92. The normalized spacial score (nSPS) is 24.4. The van der Waals surface area contributed by atoms with Crippen LogP contribution in [0, 0.1) is 0 Å². The average Bonchev–Trinajstić information content (AvgIpc) is 2.69. The standard InChI is InChI=1S/C16H25BN2O2/c1-15(2)16(3,4)21-17(20-15)13-6-5-7-14(12-13)19-10-8-18-9-11-19/h5-7,12,18H,8-11H2,1-4H3. The largest absolute Gasteiger partial charge is 0.494 e. The van der Waals surface area contributed by atoms with Crippen LogP contribution in [0.3, 0.4) is 0 Å². The molecule has 1 aromatic rings. The summed E-state index contributed by atoms with van der Waals surface area (Å²) in [5.74, 6) is 0. The number of nitrogens with one attached hydrogen (secondary N) is 1. The third-order valence-corrected chi connectivity index (χ3v) is 4.88. The maximum absolute atomic E-state index is 6.14. The number of rotatable bonds is 2. The highest BCUT2D eigenvalue weighted by molar-refractivity contribution is 6.62. The zero-order valence-corrected chi connectivity index (χ0v) is 13.5. The quantitative estimate of drug-likeness (QED) is 0.834. The van der Waals surface area contributed by atoms with Gasteiger partial charge in [0.1, 0.15) is 0 Å². The molecule has 114 valence electrons. The zero-order valence-electron chi connectivity index (χ0n) is 13.5. The van der Waals surface area contributed by atoms with Gasteiger partial charge in [0.2, 0.25) is 0 Å². The Labute approximate surface area is 127 Å². The minimum atomic E-state index is -0.289. The number of hydrogen-bond donors (Lipinski definition) is 1. The van der Waals surface area contributed by atoms with Gasteiger partial charge in [0, 0.05) is 31.9 Å². The molecule has 2 heterocycles. The first kappa shape index (κ1) is 14.9. The van der Waals surface area contributed by atoms with Crippen molar-refractivity contribution in [2.24, 2.45) is 0 Å². The van der Waals surface area contributed by atoms with Crippen LogP contribution in [-0.4, -0.2) is 44.5 Å². The summed E-state index contributed by atoms with van der Waals surface area (Å²) in [5.41, 5.74) is 1.78. The van der Waals surface area contributed by atoms with Crippen molar-refractivity contribution in [1.29, 1.82) is 0 Å². The second kappa shape index (κ2) is 5.31. The topological polar surface area (TPSA) is 33.7 Å². The van der Waals surface area contributed by atoms with Crippen LogP contribution >= 0.6 is 0 Å². The number of hydrogen-bond acceptors (Lipinski definition) is 4. The van der Waals surface area contributed by atoms with Gasteiger partial charge in [0.15, 0.2) is 0 Å². The molecule has 0 radical (unpaired) electrons. The first-order chi connectivity index (χ1) is 9.89. The predicted molar refractivity (Wildman–Crippen MR) is 87.2 cm³/mol. The molecule has 0 spiro atoms. The van der Waals surface area contributed by atoms with Gasteiger partial charge in [-0.3, -0.25) is 0 Å². The van der Waals surface area contributed by atoms with E-state index in [0.29, 0.717) is 0 Å². The van der Waals surface area contributed by atoms with E-state index in [1.807, 2.05) is 0 Å². The first-order valence-corrected chi connectivity index (χ1v) is 7.80. The number of nitrogens with zero attached hydrogens (tertiary/aromatic N) is 1. The van der Waals surface area contributed by atoms with Crippen LogP contribution in [0.1, 0.15) is 27.7 Å². The molecule has 1 N–H and O–H groups in total. The van der Waals surface area contributed by atoms with E-state index in [1.165, 1.54) is 5.69 Å². The summed E-state index contributed by atoms with van der Waals surface area (Å²) < 4.78 is 12.3. The molecule has 0 unspecified atom stereocenters. The Bertz CT molecular complexity index is 497. The van der Waals surface area contributed by atoms with Gasteiger partial charge in [-0.05, 0) is 45.3 Å². The summed E-state index contributed by atoms with van der Waals surface area (Å²) in [6, 6.07) is 8.55. The van der Waals surface area contributed by atoms with Gasteiger partial charge < -0.3 is 19.5 Å². The Balaban J connectivity index is 1.81. The molecular weight excluding hydrogens is 263 g/mol. The van der Waals surface area contributed by atoms with Crippen LogP contribution < -0.4 is 15.7 Å². The van der Waals surface area contributed by atoms with Crippen LogP contribution in [0.2, 0.25) is 0 Å². The third kappa shape index (κ3) is 2.82. The predicted octanol–water partition coefficient (Wildman–Crippen LogP) is 1.40. The molecular formula is C16H25BN2O2. The van der Waals surface area contributed by atoms with Crippen molar-refractivity contribution in [3.05, 3.63) is 24.3 Å². The molecule has 2 fully saturated rings. The van der Waals surface area contributed by atoms with Gasteiger partial charge in [-0.1, -0.05) is 12.1 Å². The van der Waals surface area contributed by atoms with Crippen LogP contribution in [0.4, 0.5) is 5.69 Å². The lowest BCUT2D eigenvalue weighted by atomic mass is 9.79. The molecule has 1 aromatic carbocycles. The number of anilines is 1. The van der Waals surface area contributed by atoms with E-state index in [4.69, 9.17) is 9.31 Å².